The first-order valence-corrected chi connectivity index (χ1v) is 10.5. The minimum Gasteiger partial charge on any atom is -0.334 e. The number of aromatic nitrogens is 1. The number of nitrogens with zero attached hydrogens (tertiary/aromatic N) is 1. The predicted octanol–water partition coefficient (Wildman–Crippen LogP) is 3.80. The van der Waals surface area contributed by atoms with Gasteiger partial charge in [0.2, 0.25) is 14.2 Å². The highest BCUT2D eigenvalue weighted by Crippen LogP contribution is 2.29. The highest BCUT2D eigenvalue weighted by molar-refractivity contribution is 7.94. The Morgan fingerprint density at radius 1 is 1.15 bits per heavy atom. The third-order valence-corrected chi connectivity index (χ3v) is 7.37. The van der Waals surface area contributed by atoms with E-state index in [-0.39, 0.29) is 10.4 Å². The van der Waals surface area contributed by atoms with Crippen LogP contribution in [0, 0.1) is 0 Å². The van der Waals surface area contributed by atoms with Gasteiger partial charge in [0.25, 0.3) is 0 Å². The summed E-state index contributed by atoms with van der Waals surface area (Å²) in [7, 11) is -3.41. The van der Waals surface area contributed by atoms with Crippen LogP contribution in [0.1, 0.15) is 19.4 Å². The summed E-state index contributed by atoms with van der Waals surface area (Å²) in [6.45, 7) is 3.68. The lowest BCUT2D eigenvalue weighted by Crippen LogP contribution is -2.28. The molecule has 2 aromatic carbocycles. The Bertz CT molecular complexity index is 1030. The van der Waals surface area contributed by atoms with E-state index in [4.69, 9.17) is 0 Å². The van der Waals surface area contributed by atoms with E-state index < -0.39 is 15.1 Å². The maximum Gasteiger partial charge on any atom is 0.319 e. The number of urea groups is 1. The molecule has 0 bridgehead atoms. The third kappa shape index (κ3) is 4.03. The van der Waals surface area contributed by atoms with Crippen LogP contribution in [-0.4, -0.2) is 24.7 Å². The number of rotatable bonds is 5. The molecule has 0 radical (unpaired) electrons. The normalized spacial score (nSPS) is 11.7. The van der Waals surface area contributed by atoms with Gasteiger partial charge in [0.05, 0.1) is 15.5 Å². The lowest BCUT2D eigenvalue weighted by molar-refractivity contribution is 0.251. The lowest BCUT2D eigenvalue weighted by atomic mass is 10.2. The van der Waals surface area contributed by atoms with Crippen LogP contribution in [0.2, 0.25) is 0 Å². The first kappa shape index (κ1) is 18.3. The molecular formula is C18H19N3O3S2. The van der Waals surface area contributed by atoms with Crippen LogP contribution < -0.4 is 10.6 Å². The van der Waals surface area contributed by atoms with Gasteiger partial charge >= 0.3 is 6.03 Å². The van der Waals surface area contributed by atoms with Crippen molar-refractivity contribution in [3.63, 3.8) is 0 Å². The van der Waals surface area contributed by atoms with Crippen molar-refractivity contribution in [1.29, 1.82) is 0 Å². The zero-order chi connectivity index (χ0) is 18.7. The first-order valence-electron chi connectivity index (χ1n) is 8.09. The second kappa shape index (κ2) is 7.43. The summed E-state index contributed by atoms with van der Waals surface area (Å²) in [6, 6.07) is 14.4. The van der Waals surface area contributed by atoms with Gasteiger partial charge < -0.3 is 10.6 Å². The van der Waals surface area contributed by atoms with Gasteiger partial charge in [-0.25, -0.2) is 18.2 Å². The lowest BCUT2D eigenvalue weighted by Gasteiger charge is -2.07. The minimum absolute atomic E-state index is 0.105. The molecule has 26 heavy (non-hydrogen) atoms. The molecule has 0 saturated heterocycles. The van der Waals surface area contributed by atoms with Gasteiger partial charge in [-0.15, -0.1) is 11.3 Å². The molecule has 3 aromatic rings. The standard InChI is InChI=1S/C18H19N3O3S2/c1-12(2)26(23,24)18-21-15-9-8-14(10-16(15)25-18)20-17(22)19-11-13-6-4-3-5-7-13/h3-10,12H,11H2,1-2H3,(H2,19,20,22). The maximum absolute atomic E-state index is 12.3. The van der Waals surface area contributed by atoms with Gasteiger partial charge in [-0.1, -0.05) is 30.3 Å². The SMILES string of the molecule is CC(C)S(=O)(=O)c1nc2ccc(NC(=O)NCc3ccccc3)cc2s1. The molecule has 0 unspecified atom stereocenters. The largest absolute Gasteiger partial charge is 0.334 e. The Balaban J connectivity index is 1.72. The smallest absolute Gasteiger partial charge is 0.319 e. The van der Waals surface area contributed by atoms with Crippen LogP contribution in [0.15, 0.2) is 52.9 Å². The molecule has 8 heteroatoms. The molecule has 0 fully saturated rings. The van der Waals surface area contributed by atoms with Crippen molar-refractivity contribution in [1.82, 2.24) is 10.3 Å². The van der Waals surface area contributed by atoms with Crippen molar-refractivity contribution in [2.45, 2.75) is 30.0 Å². The molecule has 136 valence electrons. The summed E-state index contributed by atoms with van der Waals surface area (Å²) in [5, 5.41) is 5.01. The second-order valence-corrected chi connectivity index (χ2v) is 9.76. The Kier molecular flexibility index (Phi) is 5.24. The Hall–Kier alpha value is -2.45. The second-order valence-electron chi connectivity index (χ2n) is 6.05. The number of carbonyl (C=O) groups excluding carboxylic acids is 1. The van der Waals surface area contributed by atoms with Gasteiger partial charge in [0.1, 0.15) is 0 Å². The Labute approximate surface area is 156 Å². The zero-order valence-electron chi connectivity index (χ0n) is 14.4. The van der Waals surface area contributed by atoms with Crippen molar-refractivity contribution in [2.75, 3.05) is 5.32 Å². The third-order valence-electron chi connectivity index (χ3n) is 3.79. The molecule has 2 N–H and O–H groups in total. The molecular weight excluding hydrogens is 370 g/mol. The van der Waals surface area contributed by atoms with Crippen LogP contribution in [-0.2, 0) is 16.4 Å². The van der Waals surface area contributed by atoms with E-state index in [1.807, 2.05) is 30.3 Å². The van der Waals surface area contributed by atoms with Gasteiger partial charge in [-0.05, 0) is 37.6 Å². The summed E-state index contributed by atoms with van der Waals surface area (Å²) in [5.41, 5.74) is 2.19. The number of anilines is 1. The fourth-order valence-corrected chi connectivity index (χ4v) is 4.93. The number of carbonyl (C=O) groups is 1. The molecule has 0 atom stereocenters. The highest BCUT2D eigenvalue weighted by Gasteiger charge is 2.23. The summed E-state index contributed by atoms with van der Waals surface area (Å²) in [4.78, 5) is 16.2. The van der Waals surface area contributed by atoms with Crippen molar-refractivity contribution in [3.05, 3.63) is 54.1 Å². The number of nitrogens with one attached hydrogen (secondary N) is 2. The number of benzene rings is 2. The maximum atomic E-state index is 12.3. The van der Waals surface area contributed by atoms with Crippen LogP contribution in [0.5, 0.6) is 0 Å². The number of hydrogen-bond donors (Lipinski definition) is 2. The molecule has 0 saturated carbocycles. The van der Waals surface area contributed by atoms with Crippen LogP contribution in [0.3, 0.4) is 0 Å². The van der Waals surface area contributed by atoms with Gasteiger partial charge in [-0.2, -0.15) is 0 Å². The molecule has 0 spiro atoms. The predicted molar refractivity (Wildman–Crippen MR) is 104 cm³/mol. The van der Waals surface area contributed by atoms with E-state index in [0.717, 1.165) is 16.9 Å². The molecule has 0 aliphatic rings. The van der Waals surface area contributed by atoms with Gasteiger partial charge in [0.15, 0.2) is 0 Å². The highest BCUT2D eigenvalue weighted by atomic mass is 32.2. The Morgan fingerprint density at radius 3 is 2.58 bits per heavy atom. The van der Waals surface area contributed by atoms with Gasteiger partial charge in [0, 0.05) is 12.2 Å². The first-order chi connectivity index (χ1) is 12.4. The number of hydrogen-bond acceptors (Lipinski definition) is 5. The van der Waals surface area contributed by atoms with E-state index in [1.165, 1.54) is 0 Å². The van der Waals surface area contributed by atoms with Crippen LogP contribution >= 0.6 is 11.3 Å². The van der Waals surface area contributed by atoms with Gasteiger partial charge in [-0.3, -0.25) is 0 Å². The fraction of sp³-hybridized carbons (Fsp3) is 0.222. The number of amides is 2. The molecule has 1 heterocycles. The quantitative estimate of drug-likeness (QED) is 0.695. The van der Waals surface area contributed by atoms with E-state index >= 15 is 0 Å². The fourth-order valence-electron chi connectivity index (χ4n) is 2.26. The summed E-state index contributed by atoms with van der Waals surface area (Å²) >= 11 is 1.11. The van der Waals surface area contributed by atoms with Crippen molar-refractivity contribution in [2.24, 2.45) is 0 Å². The minimum atomic E-state index is -3.41. The van der Waals surface area contributed by atoms with Crippen LogP contribution in [0.25, 0.3) is 10.2 Å². The van der Waals surface area contributed by atoms with Crippen LogP contribution in [0.4, 0.5) is 10.5 Å². The van der Waals surface area contributed by atoms with E-state index in [2.05, 4.69) is 15.6 Å². The monoisotopic (exact) mass is 389 g/mol. The molecule has 0 aliphatic carbocycles. The number of fused-ring (bicyclic) bond motifs is 1. The molecule has 3 rings (SSSR count). The van der Waals surface area contributed by atoms with E-state index in [0.29, 0.717) is 22.4 Å². The summed E-state index contributed by atoms with van der Waals surface area (Å²) < 4.78 is 25.3. The van der Waals surface area contributed by atoms with Crippen molar-refractivity contribution >= 4 is 43.1 Å². The van der Waals surface area contributed by atoms with Crippen molar-refractivity contribution in [3.8, 4) is 0 Å². The number of sulfone groups is 1. The van der Waals surface area contributed by atoms with Crippen molar-refractivity contribution < 1.29 is 13.2 Å². The number of thiazole rings is 1. The topological polar surface area (TPSA) is 88.2 Å². The average molecular weight is 390 g/mol. The average Bonchev–Trinajstić information content (AvgIpc) is 3.05. The zero-order valence-corrected chi connectivity index (χ0v) is 16.0. The molecule has 2 amide bonds. The van der Waals surface area contributed by atoms with E-state index in [1.54, 1.807) is 32.0 Å². The summed E-state index contributed by atoms with van der Waals surface area (Å²) in [6.07, 6.45) is 0. The Morgan fingerprint density at radius 2 is 1.88 bits per heavy atom. The summed E-state index contributed by atoms with van der Waals surface area (Å²) in [5.74, 6) is 0. The van der Waals surface area contributed by atoms with E-state index in [9.17, 15) is 13.2 Å². The molecule has 1 aromatic heterocycles. The molecule has 6 nitrogen and oxygen atoms in total. The molecule has 0 aliphatic heterocycles.